The number of para-hydroxylation sites is 1. The number of hydrogen-bond acceptors (Lipinski definition) is 5. The SMILES string of the molecule is CN1C(=O)C(NC(=O)[C@@H](N)Cc2ccc(C#N)cc2)N=C(c2ccccc2F)c2ccccc21. The molecule has 2 amide bonds. The van der Waals surface area contributed by atoms with Crippen LogP contribution in [0.3, 0.4) is 0 Å². The van der Waals surface area contributed by atoms with E-state index >= 15 is 0 Å². The lowest BCUT2D eigenvalue weighted by Crippen LogP contribution is -2.51. The minimum atomic E-state index is -1.29. The predicted octanol–water partition coefficient (Wildman–Crippen LogP) is 2.52. The van der Waals surface area contributed by atoms with Gasteiger partial charge in [0.25, 0.3) is 5.91 Å². The molecular formula is C26H22FN5O2. The van der Waals surface area contributed by atoms with Crippen LogP contribution in [0.4, 0.5) is 10.1 Å². The number of benzodiazepines with no additional fused rings is 1. The van der Waals surface area contributed by atoms with Crippen LogP contribution in [0.25, 0.3) is 0 Å². The Kier molecular flexibility index (Phi) is 6.48. The molecule has 3 N–H and O–H groups in total. The summed E-state index contributed by atoms with van der Waals surface area (Å²) in [5, 5.41) is 11.5. The first-order valence-electron chi connectivity index (χ1n) is 10.6. The van der Waals surface area contributed by atoms with E-state index in [0.29, 0.717) is 16.8 Å². The summed E-state index contributed by atoms with van der Waals surface area (Å²) in [5.74, 6) is -1.54. The van der Waals surface area contributed by atoms with Crippen molar-refractivity contribution in [1.82, 2.24) is 5.32 Å². The molecule has 8 heteroatoms. The standard InChI is InChI=1S/C26H22FN5O2/c1-32-22-9-5-3-7-19(22)23(18-6-2-4-8-20(18)27)30-24(26(32)34)31-25(33)21(29)14-16-10-12-17(15-28)13-11-16/h2-13,21,24H,14,29H2,1H3,(H,31,33)/t21-,24?/m0/s1. The molecule has 0 fully saturated rings. The summed E-state index contributed by atoms with van der Waals surface area (Å²) in [6.07, 6.45) is -1.08. The van der Waals surface area contributed by atoms with Crippen LogP contribution in [0.15, 0.2) is 77.8 Å². The van der Waals surface area contributed by atoms with Gasteiger partial charge in [-0.2, -0.15) is 5.26 Å². The van der Waals surface area contributed by atoms with Crippen molar-refractivity contribution < 1.29 is 14.0 Å². The topological polar surface area (TPSA) is 112 Å². The first-order valence-corrected chi connectivity index (χ1v) is 10.6. The average molecular weight is 455 g/mol. The van der Waals surface area contributed by atoms with E-state index in [4.69, 9.17) is 11.0 Å². The Bertz CT molecular complexity index is 1310. The van der Waals surface area contributed by atoms with Crippen LogP contribution in [-0.4, -0.2) is 36.8 Å². The molecular weight excluding hydrogens is 433 g/mol. The zero-order valence-corrected chi connectivity index (χ0v) is 18.4. The van der Waals surface area contributed by atoms with E-state index < -0.39 is 29.8 Å². The van der Waals surface area contributed by atoms with Crippen molar-refractivity contribution in [2.24, 2.45) is 10.7 Å². The molecule has 0 spiro atoms. The molecule has 7 nitrogen and oxygen atoms in total. The first kappa shape index (κ1) is 22.8. The molecule has 170 valence electrons. The van der Waals surface area contributed by atoms with Crippen molar-refractivity contribution >= 4 is 23.2 Å². The van der Waals surface area contributed by atoms with Gasteiger partial charge in [-0.3, -0.25) is 9.59 Å². The van der Waals surface area contributed by atoms with Gasteiger partial charge in [-0.05, 0) is 42.3 Å². The Morgan fingerprint density at radius 2 is 1.76 bits per heavy atom. The maximum absolute atomic E-state index is 14.7. The molecule has 2 atom stereocenters. The molecule has 0 bridgehead atoms. The van der Waals surface area contributed by atoms with E-state index in [2.05, 4.69) is 10.3 Å². The second-order valence-electron chi connectivity index (χ2n) is 7.90. The fourth-order valence-corrected chi connectivity index (χ4v) is 3.79. The van der Waals surface area contributed by atoms with Gasteiger partial charge in [0, 0.05) is 18.2 Å². The van der Waals surface area contributed by atoms with Crippen molar-refractivity contribution in [3.05, 3.63) is 101 Å². The highest BCUT2D eigenvalue weighted by Gasteiger charge is 2.32. The number of aliphatic imine (C=N–C) groups is 1. The largest absolute Gasteiger partial charge is 0.325 e. The van der Waals surface area contributed by atoms with Crippen LogP contribution in [0, 0.1) is 17.1 Å². The number of fused-ring (bicyclic) bond motifs is 1. The number of halogens is 1. The number of anilines is 1. The molecule has 1 heterocycles. The summed E-state index contributed by atoms with van der Waals surface area (Å²) in [5.41, 5.74) is 8.98. The summed E-state index contributed by atoms with van der Waals surface area (Å²) >= 11 is 0. The van der Waals surface area contributed by atoms with Crippen LogP contribution in [0.1, 0.15) is 22.3 Å². The number of likely N-dealkylation sites (N-methyl/N-ethyl adjacent to an activating group) is 1. The quantitative estimate of drug-likeness (QED) is 0.616. The Morgan fingerprint density at radius 3 is 2.44 bits per heavy atom. The maximum Gasteiger partial charge on any atom is 0.272 e. The summed E-state index contributed by atoms with van der Waals surface area (Å²) in [6, 6.07) is 21.0. The van der Waals surface area contributed by atoms with Gasteiger partial charge in [0.15, 0.2) is 0 Å². The number of carbonyl (C=O) groups is 2. The molecule has 0 aromatic heterocycles. The molecule has 1 aliphatic rings. The fraction of sp³-hybridized carbons (Fsp3) is 0.154. The smallest absolute Gasteiger partial charge is 0.272 e. The summed E-state index contributed by atoms with van der Waals surface area (Å²) < 4.78 is 14.7. The number of carbonyl (C=O) groups excluding carboxylic acids is 2. The number of benzene rings is 3. The Hall–Kier alpha value is -4.35. The van der Waals surface area contributed by atoms with E-state index in [1.165, 1.54) is 11.0 Å². The van der Waals surface area contributed by atoms with Gasteiger partial charge in [0.05, 0.1) is 29.1 Å². The number of rotatable bonds is 5. The summed E-state index contributed by atoms with van der Waals surface area (Å²) in [6.45, 7) is 0. The van der Waals surface area contributed by atoms with Crippen molar-refractivity contribution in [3.8, 4) is 6.07 Å². The molecule has 1 aliphatic heterocycles. The van der Waals surface area contributed by atoms with Crippen LogP contribution in [0.2, 0.25) is 0 Å². The molecule has 0 saturated heterocycles. The molecule has 4 rings (SSSR count). The average Bonchev–Trinajstić information content (AvgIpc) is 2.95. The number of nitriles is 1. The van der Waals surface area contributed by atoms with Gasteiger partial charge in [-0.1, -0.05) is 42.5 Å². The normalized spacial score (nSPS) is 16.1. The fourth-order valence-electron chi connectivity index (χ4n) is 3.79. The Balaban J connectivity index is 1.64. The van der Waals surface area contributed by atoms with Gasteiger partial charge in [-0.15, -0.1) is 0 Å². The van der Waals surface area contributed by atoms with E-state index in [9.17, 15) is 14.0 Å². The third kappa shape index (κ3) is 4.56. The molecule has 34 heavy (non-hydrogen) atoms. The summed E-state index contributed by atoms with van der Waals surface area (Å²) in [7, 11) is 1.58. The molecule has 3 aromatic carbocycles. The summed E-state index contributed by atoms with van der Waals surface area (Å²) in [4.78, 5) is 32.0. The Labute approximate surface area is 196 Å². The lowest BCUT2D eigenvalue weighted by molar-refractivity contribution is -0.128. The van der Waals surface area contributed by atoms with Crippen molar-refractivity contribution in [2.75, 3.05) is 11.9 Å². The van der Waals surface area contributed by atoms with Crippen LogP contribution in [-0.2, 0) is 16.0 Å². The lowest BCUT2D eigenvalue weighted by atomic mass is 10.00. The maximum atomic E-state index is 14.7. The second kappa shape index (κ2) is 9.65. The minimum absolute atomic E-state index is 0.207. The zero-order chi connectivity index (χ0) is 24.2. The highest BCUT2D eigenvalue weighted by atomic mass is 19.1. The highest BCUT2D eigenvalue weighted by molar-refractivity contribution is 6.20. The number of nitrogens with one attached hydrogen (secondary N) is 1. The van der Waals surface area contributed by atoms with Crippen molar-refractivity contribution in [2.45, 2.75) is 18.6 Å². The predicted molar refractivity (Wildman–Crippen MR) is 127 cm³/mol. The highest BCUT2D eigenvalue weighted by Crippen LogP contribution is 2.28. The number of nitrogens with zero attached hydrogens (tertiary/aromatic N) is 3. The zero-order valence-electron chi connectivity index (χ0n) is 18.4. The molecule has 3 aromatic rings. The molecule has 0 radical (unpaired) electrons. The van der Waals surface area contributed by atoms with Crippen LogP contribution < -0.4 is 16.0 Å². The number of nitrogens with two attached hydrogens (primary N) is 1. The van der Waals surface area contributed by atoms with Gasteiger partial charge >= 0.3 is 0 Å². The van der Waals surface area contributed by atoms with E-state index in [1.807, 2.05) is 6.07 Å². The molecule has 0 saturated carbocycles. The van der Waals surface area contributed by atoms with Crippen molar-refractivity contribution in [3.63, 3.8) is 0 Å². The van der Waals surface area contributed by atoms with E-state index in [1.54, 1.807) is 73.8 Å². The monoisotopic (exact) mass is 455 g/mol. The van der Waals surface area contributed by atoms with Crippen LogP contribution >= 0.6 is 0 Å². The molecule has 1 unspecified atom stereocenters. The molecule has 0 aliphatic carbocycles. The Morgan fingerprint density at radius 1 is 1.12 bits per heavy atom. The van der Waals surface area contributed by atoms with Crippen molar-refractivity contribution in [1.29, 1.82) is 5.26 Å². The van der Waals surface area contributed by atoms with Gasteiger partial charge < -0.3 is 16.0 Å². The minimum Gasteiger partial charge on any atom is -0.325 e. The van der Waals surface area contributed by atoms with Crippen LogP contribution in [0.5, 0.6) is 0 Å². The number of amides is 2. The van der Waals surface area contributed by atoms with E-state index in [-0.39, 0.29) is 17.7 Å². The second-order valence-corrected chi connectivity index (χ2v) is 7.90. The van der Waals surface area contributed by atoms with Gasteiger partial charge in [-0.25, -0.2) is 9.38 Å². The van der Waals surface area contributed by atoms with Gasteiger partial charge in [0.1, 0.15) is 5.82 Å². The number of hydrogen-bond donors (Lipinski definition) is 2. The third-order valence-corrected chi connectivity index (χ3v) is 5.63. The third-order valence-electron chi connectivity index (χ3n) is 5.63. The first-order chi connectivity index (χ1) is 16.4. The van der Waals surface area contributed by atoms with E-state index in [0.717, 1.165) is 5.56 Å². The lowest BCUT2D eigenvalue weighted by Gasteiger charge is -2.22. The van der Waals surface area contributed by atoms with Gasteiger partial charge in [0.2, 0.25) is 12.1 Å².